The van der Waals surface area contributed by atoms with Crippen molar-refractivity contribution in [2.75, 3.05) is 45.8 Å². The van der Waals surface area contributed by atoms with E-state index in [2.05, 4.69) is 10.5 Å². The minimum absolute atomic E-state index is 0.147. The summed E-state index contributed by atoms with van der Waals surface area (Å²) in [6, 6.07) is 6.52. The highest BCUT2D eigenvalue weighted by Crippen LogP contribution is 2.26. The van der Waals surface area contributed by atoms with Crippen LogP contribution >= 0.6 is 0 Å². The Balaban J connectivity index is 2.15. The number of amides is 2. The average Bonchev–Trinajstić information content (AvgIpc) is 3.13. The van der Waals surface area contributed by atoms with Crippen molar-refractivity contribution in [1.82, 2.24) is 10.1 Å². The van der Waals surface area contributed by atoms with E-state index < -0.39 is 0 Å². The van der Waals surface area contributed by atoms with Crippen molar-refractivity contribution in [3.05, 3.63) is 35.6 Å². The molecule has 2 amide bonds. The summed E-state index contributed by atoms with van der Waals surface area (Å²) in [5.74, 6) is 1.12. The van der Waals surface area contributed by atoms with Crippen LogP contribution in [0, 0.1) is 6.92 Å². The summed E-state index contributed by atoms with van der Waals surface area (Å²) in [7, 11) is 3.01. The number of aromatic nitrogens is 1. The lowest BCUT2D eigenvalue weighted by atomic mass is 10.1. The third-order valence-electron chi connectivity index (χ3n) is 4.08. The number of carbonyl (C=O) groups is 2. The largest absolute Gasteiger partial charge is 0.497 e. The van der Waals surface area contributed by atoms with Gasteiger partial charge in [-0.15, -0.1) is 0 Å². The maximum absolute atomic E-state index is 13.1. The molecule has 1 N–H and O–H groups in total. The van der Waals surface area contributed by atoms with E-state index in [0.29, 0.717) is 54.8 Å². The smallest absolute Gasteiger partial charge is 0.258 e. The molecule has 9 heteroatoms. The summed E-state index contributed by atoms with van der Waals surface area (Å²) in [4.78, 5) is 27.0. The Morgan fingerprint density at radius 3 is 2.62 bits per heavy atom. The molecule has 9 nitrogen and oxygen atoms in total. The predicted molar refractivity (Wildman–Crippen MR) is 106 cm³/mol. The first-order chi connectivity index (χ1) is 14.0. The lowest BCUT2D eigenvalue weighted by Gasteiger charge is -2.23. The van der Waals surface area contributed by atoms with Crippen LogP contribution < -0.4 is 14.8 Å². The van der Waals surface area contributed by atoms with Crippen LogP contribution in [0.1, 0.15) is 29.5 Å². The number of aryl methyl sites for hydroxylation is 1. The van der Waals surface area contributed by atoms with E-state index in [9.17, 15) is 9.59 Å². The Labute approximate surface area is 169 Å². The molecule has 0 unspecified atom stereocenters. The number of benzene rings is 1. The normalized spacial score (nSPS) is 10.5. The second-order valence-electron chi connectivity index (χ2n) is 6.21. The Bertz CT molecular complexity index is 820. The first-order valence-electron chi connectivity index (χ1n) is 9.30. The lowest BCUT2D eigenvalue weighted by Crippen LogP contribution is -2.39. The fourth-order valence-corrected chi connectivity index (χ4v) is 2.68. The summed E-state index contributed by atoms with van der Waals surface area (Å²) >= 11 is 0. The molecule has 0 fully saturated rings. The van der Waals surface area contributed by atoms with E-state index in [0.717, 1.165) is 0 Å². The van der Waals surface area contributed by atoms with Crippen LogP contribution in [0.4, 0.5) is 5.82 Å². The number of nitrogens with zero attached hydrogens (tertiary/aromatic N) is 2. The van der Waals surface area contributed by atoms with Crippen molar-refractivity contribution < 1.29 is 28.3 Å². The molecular formula is C20H27N3O6. The molecule has 0 bridgehead atoms. The summed E-state index contributed by atoms with van der Waals surface area (Å²) in [6.45, 7) is 4.91. The number of carbonyl (C=O) groups excluding carboxylic acids is 2. The van der Waals surface area contributed by atoms with Crippen molar-refractivity contribution in [3.63, 3.8) is 0 Å². The summed E-state index contributed by atoms with van der Waals surface area (Å²) in [6.07, 6.45) is 0.592. The first kappa shape index (κ1) is 22.2. The highest BCUT2D eigenvalue weighted by molar-refractivity contribution is 6.00. The molecule has 0 aliphatic carbocycles. The van der Waals surface area contributed by atoms with Crippen molar-refractivity contribution in [3.8, 4) is 11.5 Å². The van der Waals surface area contributed by atoms with E-state index >= 15 is 0 Å². The van der Waals surface area contributed by atoms with Gasteiger partial charge in [-0.1, -0.05) is 5.16 Å². The van der Waals surface area contributed by atoms with E-state index in [-0.39, 0.29) is 18.4 Å². The maximum atomic E-state index is 13.1. The topological polar surface area (TPSA) is 103 Å². The van der Waals surface area contributed by atoms with Crippen LogP contribution in [0.25, 0.3) is 0 Å². The van der Waals surface area contributed by atoms with Crippen LogP contribution in [0.5, 0.6) is 11.5 Å². The first-order valence-corrected chi connectivity index (χ1v) is 9.30. The molecule has 0 saturated heterocycles. The zero-order valence-electron chi connectivity index (χ0n) is 17.2. The number of methoxy groups -OCH3 is 2. The molecule has 158 valence electrons. The fourth-order valence-electron chi connectivity index (χ4n) is 2.68. The minimum Gasteiger partial charge on any atom is -0.497 e. The van der Waals surface area contributed by atoms with E-state index in [4.69, 9.17) is 18.7 Å². The number of anilines is 1. The molecule has 2 aromatic rings. The van der Waals surface area contributed by atoms with E-state index in [1.165, 1.54) is 19.1 Å². The van der Waals surface area contributed by atoms with Crippen LogP contribution in [0.2, 0.25) is 0 Å². The zero-order chi connectivity index (χ0) is 21.2. The Hall–Kier alpha value is -3.07. The van der Waals surface area contributed by atoms with Gasteiger partial charge in [0.25, 0.3) is 5.91 Å². The molecule has 0 saturated carbocycles. The Morgan fingerprint density at radius 1 is 1.21 bits per heavy atom. The standard InChI is InChI=1S/C20H27N3O6/c1-5-28-10-6-9-23(13-19(24)21-18-11-14(2)29-22-18)20(25)16-8-7-15(26-3)12-17(16)27-4/h7-8,11-12H,5-6,9-10,13H2,1-4H3,(H,21,22,24). The molecule has 0 aliphatic heterocycles. The lowest BCUT2D eigenvalue weighted by molar-refractivity contribution is -0.117. The van der Waals surface area contributed by atoms with Gasteiger partial charge in [-0.05, 0) is 32.4 Å². The van der Waals surface area contributed by atoms with Gasteiger partial charge < -0.3 is 29.0 Å². The summed E-state index contributed by atoms with van der Waals surface area (Å²) < 4.78 is 20.8. The molecule has 1 heterocycles. The van der Waals surface area contributed by atoms with Gasteiger partial charge in [0.05, 0.1) is 19.8 Å². The molecule has 2 rings (SSSR count). The number of ether oxygens (including phenoxy) is 3. The molecule has 0 aliphatic rings. The van der Waals surface area contributed by atoms with Crippen molar-refractivity contribution >= 4 is 17.6 Å². The summed E-state index contributed by atoms with van der Waals surface area (Å²) in [5.41, 5.74) is 0.342. The highest BCUT2D eigenvalue weighted by Gasteiger charge is 2.22. The number of nitrogens with one attached hydrogen (secondary N) is 1. The van der Waals surface area contributed by atoms with Crippen LogP contribution in [-0.2, 0) is 9.53 Å². The quantitative estimate of drug-likeness (QED) is 0.573. The Morgan fingerprint density at radius 2 is 2.00 bits per heavy atom. The molecule has 0 atom stereocenters. The van der Waals surface area contributed by atoms with E-state index in [1.807, 2.05) is 6.92 Å². The zero-order valence-corrected chi connectivity index (χ0v) is 17.2. The van der Waals surface area contributed by atoms with Gasteiger partial charge in [0.1, 0.15) is 23.8 Å². The SMILES string of the molecule is CCOCCCN(CC(=O)Nc1cc(C)on1)C(=O)c1ccc(OC)cc1OC. The predicted octanol–water partition coefficient (Wildman–Crippen LogP) is 2.51. The Kier molecular flexibility index (Phi) is 8.47. The molecule has 0 radical (unpaired) electrons. The van der Waals surface area contributed by atoms with Crippen LogP contribution in [0.3, 0.4) is 0 Å². The van der Waals surface area contributed by atoms with Gasteiger partial charge in [0, 0.05) is 31.9 Å². The molecular weight excluding hydrogens is 378 g/mol. The van der Waals surface area contributed by atoms with Gasteiger partial charge in [-0.3, -0.25) is 9.59 Å². The maximum Gasteiger partial charge on any atom is 0.258 e. The minimum atomic E-state index is -0.379. The second kappa shape index (κ2) is 11.1. The molecule has 0 spiro atoms. The monoisotopic (exact) mass is 405 g/mol. The number of hydrogen-bond donors (Lipinski definition) is 1. The number of rotatable bonds is 11. The third-order valence-corrected chi connectivity index (χ3v) is 4.08. The molecule has 29 heavy (non-hydrogen) atoms. The molecule has 1 aromatic carbocycles. The van der Waals surface area contributed by atoms with Crippen molar-refractivity contribution in [2.45, 2.75) is 20.3 Å². The van der Waals surface area contributed by atoms with Crippen molar-refractivity contribution in [1.29, 1.82) is 0 Å². The summed E-state index contributed by atoms with van der Waals surface area (Å²) in [5, 5.41) is 6.36. The van der Waals surface area contributed by atoms with Gasteiger partial charge in [0.15, 0.2) is 5.82 Å². The number of hydrogen-bond acceptors (Lipinski definition) is 7. The van der Waals surface area contributed by atoms with Crippen LogP contribution in [-0.4, -0.2) is 62.4 Å². The third kappa shape index (κ3) is 6.49. The second-order valence-corrected chi connectivity index (χ2v) is 6.21. The highest BCUT2D eigenvalue weighted by atomic mass is 16.5. The van der Waals surface area contributed by atoms with Gasteiger partial charge in [0.2, 0.25) is 5.91 Å². The van der Waals surface area contributed by atoms with E-state index in [1.54, 1.807) is 31.2 Å². The fraction of sp³-hybridized carbons (Fsp3) is 0.450. The van der Waals surface area contributed by atoms with Gasteiger partial charge >= 0.3 is 0 Å². The van der Waals surface area contributed by atoms with Crippen LogP contribution in [0.15, 0.2) is 28.8 Å². The molecule has 1 aromatic heterocycles. The average molecular weight is 405 g/mol. The van der Waals surface area contributed by atoms with Crippen molar-refractivity contribution in [2.24, 2.45) is 0 Å². The van der Waals surface area contributed by atoms with Gasteiger partial charge in [-0.2, -0.15) is 0 Å². The van der Waals surface area contributed by atoms with Gasteiger partial charge in [-0.25, -0.2) is 0 Å².